The third-order valence-corrected chi connectivity index (χ3v) is 3.66. The minimum absolute atomic E-state index is 0.168. The number of aliphatic hydroxyl groups is 1. The number of methoxy groups -OCH3 is 1. The van der Waals surface area contributed by atoms with Gasteiger partial charge in [-0.2, -0.15) is 0 Å². The predicted octanol–water partition coefficient (Wildman–Crippen LogP) is 2.02. The van der Waals surface area contributed by atoms with E-state index >= 15 is 0 Å². The van der Waals surface area contributed by atoms with Crippen molar-refractivity contribution in [1.29, 1.82) is 0 Å². The fraction of sp³-hybridized carbons (Fsp3) is 0.571. The quantitative estimate of drug-likeness (QED) is 0.806. The van der Waals surface area contributed by atoms with Crippen molar-refractivity contribution >= 4 is 11.4 Å². The normalized spacial score (nSPS) is 20.6. The summed E-state index contributed by atoms with van der Waals surface area (Å²) in [4.78, 5) is 2.23. The van der Waals surface area contributed by atoms with Crippen LogP contribution in [-0.2, 0) is 0 Å². The molecule has 1 fully saturated rings. The van der Waals surface area contributed by atoms with Crippen molar-refractivity contribution in [3.63, 3.8) is 0 Å². The fourth-order valence-electron chi connectivity index (χ4n) is 2.65. The second-order valence-electron chi connectivity index (χ2n) is 4.77. The zero-order valence-electron chi connectivity index (χ0n) is 10.9. The van der Waals surface area contributed by atoms with Crippen LogP contribution in [0, 0.1) is 0 Å². The molecule has 1 aliphatic heterocycles. The van der Waals surface area contributed by atoms with Gasteiger partial charge in [0.1, 0.15) is 5.75 Å². The molecule has 0 saturated carbocycles. The second-order valence-corrected chi connectivity index (χ2v) is 4.77. The Labute approximate surface area is 108 Å². The number of hydrogen-bond donors (Lipinski definition) is 2. The van der Waals surface area contributed by atoms with Crippen molar-refractivity contribution in [3.8, 4) is 5.75 Å². The fourth-order valence-corrected chi connectivity index (χ4v) is 2.65. The van der Waals surface area contributed by atoms with Crippen LogP contribution in [0.4, 0.5) is 11.4 Å². The third-order valence-electron chi connectivity index (χ3n) is 3.66. The summed E-state index contributed by atoms with van der Waals surface area (Å²) in [6.07, 6.45) is 4.56. The number of nitrogens with zero attached hydrogens (tertiary/aromatic N) is 1. The Kier molecular flexibility index (Phi) is 4.31. The van der Waals surface area contributed by atoms with E-state index in [9.17, 15) is 5.11 Å². The summed E-state index contributed by atoms with van der Waals surface area (Å²) in [6.45, 7) is 1.12. The zero-order chi connectivity index (χ0) is 13.0. The zero-order valence-corrected chi connectivity index (χ0v) is 10.9. The molecule has 1 aromatic carbocycles. The van der Waals surface area contributed by atoms with Crippen molar-refractivity contribution in [3.05, 3.63) is 18.2 Å². The molecule has 1 aromatic rings. The van der Waals surface area contributed by atoms with Gasteiger partial charge < -0.3 is 20.5 Å². The first-order valence-corrected chi connectivity index (χ1v) is 6.58. The van der Waals surface area contributed by atoms with Crippen molar-refractivity contribution in [1.82, 2.24) is 0 Å². The van der Waals surface area contributed by atoms with E-state index in [-0.39, 0.29) is 12.6 Å². The summed E-state index contributed by atoms with van der Waals surface area (Å²) in [6, 6.07) is 5.99. The van der Waals surface area contributed by atoms with Gasteiger partial charge in [0, 0.05) is 6.54 Å². The van der Waals surface area contributed by atoms with Crippen LogP contribution in [0.5, 0.6) is 5.75 Å². The molecule has 4 nitrogen and oxygen atoms in total. The molecular weight excluding hydrogens is 228 g/mol. The topological polar surface area (TPSA) is 58.7 Å². The van der Waals surface area contributed by atoms with Gasteiger partial charge in [0.2, 0.25) is 0 Å². The Bertz CT molecular complexity index is 395. The van der Waals surface area contributed by atoms with Gasteiger partial charge >= 0.3 is 0 Å². The van der Waals surface area contributed by atoms with E-state index in [0.29, 0.717) is 11.4 Å². The molecule has 0 radical (unpaired) electrons. The van der Waals surface area contributed by atoms with Crippen LogP contribution in [0.25, 0.3) is 0 Å². The molecule has 2 rings (SSSR count). The third kappa shape index (κ3) is 2.53. The largest absolute Gasteiger partial charge is 0.495 e. The minimum atomic E-state index is 0.168. The van der Waals surface area contributed by atoms with Crippen LogP contribution in [0.2, 0.25) is 0 Å². The van der Waals surface area contributed by atoms with Crippen LogP contribution in [-0.4, -0.2) is 31.4 Å². The van der Waals surface area contributed by atoms with Crippen molar-refractivity contribution in [2.75, 3.05) is 30.9 Å². The first-order valence-electron chi connectivity index (χ1n) is 6.58. The van der Waals surface area contributed by atoms with Crippen LogP contribution < -0.4 is 15.4 Å². The number of rotatable bonds is 3. The Morgan fingerprint density at radius 1 is 1.39 bits per heavy atom. The molecule has 0 amide bonds. The first kappa shape index (κ1) is 13.0. The molecule has 0 aromatic heterocycles. The number of para-hydroxylation sites is 1. The average molecular weight is 250 g/mol. The van der Waals surface area contributed by atoms with Gasteiger partial charge in [0.15, 0.2) is 0 Å². The van der Waals surface area contributed by atoms with Gasteiger partial charge in [-0.1, -0.05) is 18.9 Å². The van der Waals surface area contributed by atoms with Crippen molar-refractivity contribution in [2.24, 2.45) is 0 Å². The molecule has 1 heterocycles. The monoisotopic (exact) mass is 250 g/mol. The molecule has 3 N–H and O–H groups in total. The molecule has 0 aliphatic carbocycles. The van der Waals surface area contributed by atoms with Crippen LogP contribution >= 0.6 is 0 Å². The van der Waals surface area contributed by atoms with Gasteiger partial charge in [-0.25, -0.2) is 0 Å². The summed E-state index contributed by atoms with van der Waals surface area (Å²) in [5.74, 6) is 0.702. The Morgan fingerprint density at radius 2 is 2.22 bits per heavy atom. The molecule has 1 unspecified atom stereocenters. The summed E-state index contributed by atoms with van der Waals surface area (Å²) < 4.78 is 5.26. The SMILES string of the molecule is COc1cccc(N2CCCCCC2CO)c1N. The lowest BCUT2D eigenvalue weighted by Crippen LogP contribution is -2.38. The van der Waals surface area contributed by atoms with E-state index in [1.54, 1.807) is 7.11 Å². The highest BCUT2D eigenvalue weighted by atomic mass is 16.5. The maximum absolute atomic E-state index is 9.55. The van der Waals surface area contributed by atoms with E-state index in [2.05, 4.69) is 4.90 Å². The number of hydrogen-bond acceptors (Lipinski definition) is 4. The molecular formula is C14H22N2O2. The highest BCUT2D eigenvalue weighted by Gasteiger charge is 2.22. The highest BCUT2D eigenvalue weighted by molar-refractivity contribution is 5.74. The summed E-state index contributed by atoms with van der Waals surface area (Å²) in [5, 5.41) is 9.55. The molecule has 1 saturated heterocycles. The Morgan fingerprint density at radius 3 is 2.94 bits per heavy atom. The highest BCUT2D eigenvalue weighted by Crippen LogP contribution is 2.34. The molecule has 4 heteroatoms. The summed E-state index contributed by atoms with van der Waals surface area (Å²) >= 11 is 0. The van der Waals surface area contributed by atoms with Crippen molar-refractivity contribution in [2.45, 2.75) is 31.7 Å². The van der Waals surface area contributed by atoms with E-state index in [1.807, 2.05) is 18.2 Å². The predicted molar refractivity (Wildman–Crippen MR) is 74.1 cm³/mol. The van der Waals surface area contributed by atoms with Crippen LogP contribution in [0.3, 0.4) is 0 Å². The van der Waals surface area contributed by atoms with Gasteiger partial charge in [0.25, 0.3) is 0 Å². The van der Waals surface area contributed by atoms with E-state index in [0.717, 1.165) is 25.1 Å². The molecule has 0 spiro atoms. The molecule has 0 bridgehead atoms. The first-order chi connectivity index (χ1) is 8.77. The van der Waals surface area contributed by atoms with E-state index in [4.69, 9.17) is 10.5 Å². The number of nitrogen functional groups attached to an aromatic ring is 1. The average Bonchev–Trinajstić information content (AvgIpc) is 2.64. The van der Waals surface area contributed by atoms with Gasteiger partial charge in [0.05, 0.1) is 31.1 Å². The standard InChI is InChI=1S/C14H22N2O2/c1-18-13-8-5-7-12(14(13)15)16-9-4-2-3-6-11(16)10-17/h5,7-8,11,17H,2-4,6,9-10,15H2,1H3. The number of nitrogens with two attached hydrogens (primary N) is 1. The molecule has 1 aliphatic rings. The van der Waals surface area contributed by atoms with Crippen molar-refractivity contribution < 1.29 is 9.84 Å². The Hall–Kier alpha value is -1.42. The van der Waals surface area contributed by atoms with Gasteiger partial charge in [-0.15, -0.1) is 0 Å². The number of aliphatic hydroxyl groups excluding tert-OH is 1. The lowest BCUT2D eigenvalue weighted by atomic mass is 10.1. The molecule has 100 valence electrons. The van der Waals surface area contributed by atoms with Crippen LogP contribution in [0.15, 0.2) is 18.2 Å². The van der Waals surface area contributed by atoms with Gasteiger partial charge in [-0.05, 0) is 25.0 Å². The molecule has 1 atom stereocenters. The van der Waals surface area contributed by atoms with Crippen LogP contribution in [0.1, 0.15) is 25.7 Å². The smallest absolute Gasteiger partial charge is 0.143 e. The molecule has 18 heavy (non-hydrogen) atoms. The number of anilines is 2. The maximum Gasteiger partial charge on any atom is 0.143 e. The Balaban J connectivity index is 2.32. The lowest BCUT2D eigenvalue weighted by Gasteiger charge is -2.32. The number of ether oxygens (including phenoxy) is 1. The lowest BCUT2D eigenvalue weighted by molar-refractivity contribution is 0.255. The summed E-state index contributed by atoms with van der Waals surface area (Å²) in [5.41, 5.74) is 7.79. The van der Waals surface area contributed by atoms with Gasteiger partial charge in [-0.3, -0.25) is 0 Å². The van der Waals surface area contributed by atoms with E-state index in [1.165, 1.54) is 12.8 Å². The second kappa shape index (κ2) is 5.96. The van der Waals surface area contributed by atoms with E-state index < -0.39 is 0 Å². The summed E-state index contributed by atoms with van der Waals surface area (Å²) in [7, 11) is 1.63. The maximum atomic E-state index is 9.55. The number of benzene rings is 1. The minimum Gasteiger partial charge on any atom is -0.495 e.